The molecule has 0 aliphatic heterocycles. The zero-order valence-corrected chi connectivity index (χ0v) is 8.02. The molecular weight excluding hydrogens is 186 g/mol. The van der Waals surface area contributed by atoms with Crippen molar-refractivity contribution in [2.45, 2.75) is 13.3 Å². The molecule has 2 aromatic rings. The van der Waals surface area contributed by atoms with Crippen LogP contribution in [0.2, 0.25) is 5.02 Å². The number of H-pyrrole nitrogens is 1. The van der Waals surface area contributed by atoms with Crippen molar-refractivity contribution in [3.05, 3.63) is 28.9 Å². The molecule has 3 heteroatoms. The Morgan fingerprint density at radius 1 is 1.46 bits per heavy atom. The van der Waals surface area contributed by atoms with Gasteiger partial charge in [-0.15, -0.1) is 0 Å². The van der Waals surface area contributed by atoms with E-state index in [1.807, 2.05) is 13.0 Å². The zero-order chi connectivity index (χ0) is 9.42. The molecule has 2 N–H and O–H groups in total. The molecule has 1 aromatic heterocycles. The third kappa shape index (κ3) is 1.27. The van der Waals surface area contributed by atoms with Crippen molar-refractivity contribution in [3.63, 3.8) is 0 Å². The van der Waals surface area contributed by atoms with Crippen LogP contribution in [0.15, 0.2) is 18.2 Å². The lowest BCUT2D eigenvalue weighted by molar-refractivity contribution is 0.476. The Balaban J connectivity index is 2.77. The quantitative estimate of drug-likeness (QED) is 0.721. The van der Waals surface area contributed by atoms with E-state index in [9.17, 15) is 5.11 Å². The first-order valence-corrected chi connectivity index (χ1v) is 4.59. The maximum Gasteiger partial charge on any atom is 0.116 e. The number of aromatic hydroxyl groups is 1. The maximum absolute atomic E-state index is 9.26. The highest BCUT2D eigenvalue weighted by Crippen LogP contribution is 2.30. The van der Waals surface area contributed by atoms with Gasteiger partial charge in [0.2, 0.25) is 0 Å². The number of phenolic OH excluding ortho intramolecular Hbond substituents is 1. The van der Waals surface area contributed by atoms with Gasteiger partial charge in [-0.2, -0.15) is 0 Å². The number of aromatic amines is 1. The molecule has 68 valence electrons. The van der Waals surface area contributed by atoms with Crippen molar-refractivity contribution in [1.82, 2.24) is 4.98 Å². The molecule has 2 rings (SSSR count). The number of benzene rings is 1. The van der Waals surface area contributed by atoms with Crippen LogP contribution in [0.5, 0.6) is 5.75 Å². The molecule has 0 unspecified atom stereocenters. The molecule has 0 radical (unpaired) electrons. The van der Waals surface area contributed by atoms with Crippen LogP contribution >= 0.6 is 11.6 Å². The first kappa shape index (κ1) is 8.45. The first-order chi connectivity index (χ1) is 6.22. The standard InChI is InChI=1S/C10H10ClNO/c1-2-8-10(11)7-5-6(13)3-4-9(7)12-8/h3-5,12-13H,2H2,1H3. The molecule has 2 nitrogen and oxygen atoms in total. The summed E-state index contributed by atoms with van der Waals surface area (Å²) in [5.74, 6) is 0.246. The van der Waals surface area contributed by atoms with Crippen molar-refractivity contribution in [2.75, 3.05) is 0 Å². The molecule has 0 amide bonds. The summed E-state index contributed by atoms with van der Waals surface area (Å²) < 4.78 is 0. The second-order valence-electron chi connectivity index (χ2n) is 3.00. The fraction of sp³-hybridized carbons (Fsp3) is 0.200. The van der Waals surface area contributed by atoms with E-state index in [1.54, 1.807) is 12.1 Å². The van der Waals surface area contributed by atoms with Gasteiger partial charge in [-0.1, -0.05) is 18.5 Å². The first-order valence-electron chi connectivity index (χ1n) is 4.21. The highest BCUT2D eigenvalue weighted by molar-refractivity contribution is 6.36. The van der Waals surface area contributed by atoms with Crippen LogP contribution in [-0.4, -0.2) is 10.1 Å². The second kappa shape index (κ2) is 2.96. The van der Waals surface area contributed by atoms with Gasteiger partial charge < -0.3 is 10.1 Å². The molecule has 0 saturated heterocycles. The fourth-order valence-electron chi connectivity index (χ4n) is 1.45. The normalized spacial score (nSPS) is 10.9. The molecule has 0 aliphatic rings. The molecule has 0 saturated carbocycles. The summed E-state index contributed by atoms with van der Waals surface area (Å²) in [6, 6.07) is 5.15. The smallest absolute Gasteiger partial charge is 0.116 e. The van der Waals surface area contributed by atoms with Gasteiger partial charge >= 0.3 is 0 Å². The monoisotopic (exact) mass is 195 g/mol. The number of hydrogen-bond donors (Lipinski definition) is 2. The summed E-state index contributed by atoms with van der Waals surface area (Å²) in [4.78, 5) is 3.20. The van der Waals surface area contributed by atoms with Crippen molar-refractivity contribution < 1.29 is 5.11 Å². The minimum atomic E-state index is 0.246. The number of nitrogens with one attached hydrogen (secondary N) is 1. The van der Waals surface area contributed by atoms with Crippen LogP contribution in [0.1, 0.15) is 12.6 Å². The van der Waals surface area contributed by atoms with Crippen LogP contribution in [0, 0.1) is 0 Å². The van der Waals surface area contributed by atoms with Gasteiger partial charge in [0.05, 0.1) is 5.02 Å². The van der Waals surface area contributed by atoms with E-state index in [0.717, 1.165) is 23.0 Å². The van der Waals surface area contributed by atoms with Crippen molar-refractivity contribution >= 4 is 22.5 Å². The van der Waals surface area contributed by atoms with Gasteiger partial charge in [-0.25, -0.2) is 0 Å². The van der Waals surface area contributed by atoms with E-state index < -0.39 is 0 Å². The molecule has 0 bridgehead atoms. The average Bonchev–Trinajstić information content (AvgIpc) is 2.44. The molecule has 1 aromatic carbocycles. The summed E-state index contributed by atoms with van der Waals surface area (Å²) in [5, 5.41) is 10.9. The van der Waals surface area contributed by atoms with E-state index in [-0.39, 0.29) is 5.75 Å². The van der Waals surface area contributed by atoms with Crippen LogP contribution in [0.4, 0.5) is 0 Å². The molecule has 0 fully saturated rings. The number of aryl methyl sites for hydroxylation is 1. The zero-order valence-electron chi connectivity index (χ0n) is 7.26. The minimum absolute atomic E-state index is 0.246. The van der Waals surface area contributed by atoms with E-state index in [2.05, 4.69) is 4.98 Å². The SMILES string of the molecule is CCc1[nH]c2ccc(O)cc2c1Cl. The Labute approximate surface area is 81.1 Å². The minimum Gasteiger partial charge on any atom is -0.508 e. The van der Waals surface area contributed by atoms with E-state index in [4.69, 9.17) is 11.6 Å². The number of fused-ring (bicyclic) bond motifs is 1. The van der Waals surface area contributed by atoms with E-state index in [0.29, 0.717) is 5.02 Å². The number of halogens is 1. The topological polar surface area (TPSA) is 36.0 Å². The maximum atomic E-state index is 9.26. The Morgan fingerprint density at radius 3 is 2.92 bits per heavy atom. The number of hydrogen-bond acceptors (Lipinski definition) is 1. The lowest BCUT2D eigenvalue weighted by atomic mass is 10.2. The Hall–Kier alpha value is -1.15. The highest BCUT2D eigenvalue weighted by atomic mass is 35.5. The number of phenols is 1. The summed E-state index contributed by atoms with van der Waals surface area (Å²) in [5.41, 5.74) is 1.99. The summed E-state index contributed by atoms with van der Waals surface area (Å²) in [6.45, 7) is 2.04. The van der Waals surface area contributed by atoms with E-state index >= 15 is 0 Å². The van der Waals surface area contributed by atoms with Crippen molar-refractivity contribution in [1.29, 1.82) is 0 Å². The summed E-state index contributed by atoms with van der Waals surface area (Å²) in [6.07, 6.45) is 0.869. The van der Waals surface area contributed by atoms with Gasteiger partial charge in [0, 0.05) is 16.6 Å². The molecule has 0 atom stereocenters. The van der Waals surface area contributed by atoms with Crippen molar-refractivity contribution in [3.8, 4) is 5.75 Å². The van der Waals surface area contributed by atoms with E-state index in [1.165, 1.54) is 0 Å². The average molecular weight is 196 g/mol. The molecule has 13 heavy (non-hydrogen) atoms. The molecule has 0 aliphatic carbocycles. The third-order valence-corrected chi connectivity index (χ3v) is 2.58. The lowest BCUT2D eigenvalue weighted by Gasteiger charge is -1.91. The lowest BCUT2D eigenvalue weighted by Crippen LogP contribution is -1.77. The number of aromatic nitrogens is 1. The van der Waals surface area contributed by atoms with Crippen LogP contribution in [-0.2, 0) is 6.42 Å². The van der Waals surface area contributed by atoms with Crippen molar-refractivity contribution in [2.24, 2.45) is 0 Å². The molecule has 0 spiro atoms. The number of rotatable bonds is 1. The molecular formula is C10H10ClNO. The third-order valence-electron chi connectivity index (χ3n) is 2.14. The molecule has 1 heterocycles. The van der Waals surface area contributed by atoms with Crippen LogP contribution in [0.25, 0.3) is 10.9 Å². The van der Waals surface area contributed by atoms with Gasteiger partial charge in [0.1, 0.15) is 5.75 Å². The van der Waals surface area contributed by atoms with Gasteiger partial charge in [-0.05, 0) is 24.6 Å². The predicted octanol–water partition coefficient (Wildman–Crippen LogP) is 3.09. The van der Waals surface area contributed by atoms with Crippen LogP contribution in [0.3, 0.4) is 0 Å². The second-order valence-corrected chi connectivity index (χ2v) is 3.38. The van der Waals surface area contributed by atoms with Crippen LogP contribution < -0.4 is 0 Å². The van der Waals surface area contributed by atoms with Gasteiger partial charge in [0.25, 0.3) is 0 Å². The summed E-state index contributed by atoms with van der Waals surface area (Å²) in [7, 11) is 0. The highest BCUT2D eigenvalue weighted by Gasteiger charge is 2.07. The largest absolute Gasteiger partial charge is 0.508 e. The Kier molecular flexibility index (Phi) is 1.93. The predicted molar refractivity (Wildman–Crippen MR) is 54.4 cm³/mol. The summed E-state index contributed by atoms with van der Waals surface area (Å²) >= 11 is 6.09. The van der Waals surface area contributed by atoms with Gasteiger partial charge in [-0.3, -0.25) is 0 Å². The fourth-order valence-corrected chi connectivity index (χ4v) is 1.78. The Bertz CT molecular complexity index is 447. The Morgan fingerprint density at radius 2 is 2.23 bits per heavy atom. The van der Waals surface area contributed by atoms with Gasteiger partial charge in [0.15, 0.2) is 0 Å².